The first-order valence-electron chi connectivity index (χ1n) is 2.36. The van der Waals surface area contributed by atoms with E-state index in [1.165, 1.54) is 12.1 Å². The first-order valence-corrected chi connectivity index (χ1v) is 4.32. The van der Waals surface area contributed by atoms with Gasteiger partial charge in [-0.15, -0.1) is 0 Å². The third kappa shape index (κ3) is 1.54. The van der Waals surface area contributed by atoms with Crippen LogP contribution in [-0.4, -0.2) is 0 Å². The van der Waals surface area contributed by atoms with E-state index in [-0.39, 0.29) is 5.82 Å². The molecule has 3 heteroatoms. The Balaban J connectivity index is 3.15. The van der Waals surface area contributed by atoms with Gasteiger partial charge in [0.15, 0.2) is 21.2 Å². The Morgan fingerprint density at radius 3 is 2.44 bits per heavy atom. The summed E-state index contributed by atoms with van der Waals surface area (Å²) in [7, 11) is 0. The van der Waals surface area contributed by atoms with Crippen LogP contribution in [0.1, 0.15) is 0 Å². The van der Waals surface area contributed by atoms with Crippen LogP contribution in [0.4, 0.5) is 4.39 Å². The van der Waals surface area contributed by atoms with Crippen LogP contribution in [0, 0.1) is 9.39 Å². The zero-order valence-electron chi connectivity index (χ0n) is 4.47. The lowest BCUT2D eigenvalue weighted by molar-refractivity contribution is 0.618. The zero-order chi connectivity index (χ0) is 6.69. The van der Waals surface area contributed by atoms with Crippen molar-refractivity contribution in [1.29, 1.82) is 0 Å². The third-order valence-corrected chi connectivity index (χ3v) is 2.26. The normalized spacial score (nSPS) is 9.44. The van der Waals surface area contributed by atoms with E-state index >= 15 is 0 Å². The maximum Gasteiger partial charge on any atom is 0.185 e. The topological polar surface area (TPSA) is 17.1 Å². The maximum atomic E-state index is 12.4. The smallest absolute Gasteiger partial charge is 0.185 e. The Morgan fingerprint density at radius 2 is 2.00 bits per heavy atom. The van der Waals surface area contributed by atoms with Gasteiger partial charge in [0.1, 0.15) is 5.82 Å². The number of halogens is 2. The molecule has 1 aromatic rings. The lowest BCUT2D eigenvalue weighted by Crippen LogP contribution is -1.76. The average molecular weight is 238 g/mol. The van der Waals surface area contributed by atoms with Crippen LogP contribution in [0.3, 0.4) is 0 Å². The van der Waals surface area contributed by atoms with Crippen molar-refractivity contribution in [2.24, 2.45) is 0 Å². The summed E-state index contributed by atoms with van der Waals surface area (Å²) in [5.41, 5.74) is 0. The van der Waals surface area contributed by atoms with Crippen LogP contribution in [0.2, 0.25) is 0 Å². The molecule has 0 radical (unpaired) electrons. The van der Waals surface area contributed by atoms with Gasteiger partial charge in [-0.2, -0.15) is 0 Å². The van der Waals surface area contributed by atoms with Crippen molar-refractivity contribution >= 4 is 21.2 Å². The third-order valence-electron chi connectivity index (χ3n) is 0.907. The molecule has 1 rings (SSSR count). The fourth-order valence-electron chi connectivity index (χ4n) is 0.502. The van der Waals surface area contributed by atoms with Crippen LogP contribution >= 0.6 is 21.2 Å². The van der Waals surface area contributed by atoms with Crippen LogP contribution in [0.15, 0.2) is 24.3 Å². The monoisotopic (exact) mass is 238 g/mol. The molecule has 0 amide bonds. The van der Waals surface area contributed by atoms with Crippen molar-refractivity contribution in [1.82, 2.24) is 0 Å². The molecule has 0 aliphatic carbocycles. The second kappa shape index (κ2) is 3.00. The van der Waals surface area contributed by atoms with E-state index in [1.807, 2.05) is 0 Å². The molecule has 0 aliphatic rings. The van der Waals surface area contributed by atoms with E-state index in [0.29, 0.717) is 3.57 Å². The standard InChI is InChI=1S/C6H4FIO/c7-5-3-1-2-4-6(5)8-9/h1-4H. The van der Waals surface area contributed by atoms with Gasteiger partial charge in [-0.25, -0.2) is 4.39 Å². The quantitative estimate of drug-likeness (QED) is 0.686. The molecule has 0 fully saturated rings. The van der Waals surface area contributed by atoms with Crippen LogP contribution < -0.4 is 0 Å². The van der Waals surface area contributed by atoms with Gasteiger partial charge in [-0.1, -0.05) is 12.1 Å². The van der Waals surface area contributed by atoms with E-state index in [9.17, 15) is 7.46 Å². The molecular formula is C6H4FIO. The summed E-state index contributed by atoms with van der Waals surface area (Å²) in [6.45, 7) is 0. The van der Waals surface area contributed by atoms with Gasteiger partial charge in [0.05, 0.1) is 3.57 Å². The molecule has 0 atom stereocenters. The first-order chi connectivity index (χ1) is 4.34. The van der Waals surface area contributed by atoms with Crippen molar-refractivity contribution in [3.63, 3.8) is 0 Å². The molecule has 0 N–H and O–H groups in total. The summed E-state index contributed by atoms with van der Waals surface area (Å²) in [6.07, 6.45) is 0. The summed E-state index contributed by atoms with van der Waals surface area (Å²) in [4.78, 5) is 0. The summed E-state index contributed by atoms with van der Waals surface area (Å²) < 4.78 is 23.0. The summed E-state index contributed by atoms with van der Waals surface area (Å²) in [5.74, 6) is -0.361. The van der Waals surface area contributed by atoms with Gasteiger partial charge in [0.25, 0.3) is 0 Å². The number of benzene rings is 1. The van der Waals surface area contributed by atoms with Crippen molar-refractivity contribution in [3.05, 3.63) is 33.7 Å². The highest BCUT2D eigenvalue weighted by atomic mass is 127. The van der Waals surface area contributed by atoms with Gasteiger partial charge >= 0.3 is 0 Å². The van der Waals surface area contributed by atoms with Crippen molar-refractivity contribution in [2.75, 3.05) is 0 Å². The molecule has 0 spiro atoms. The van der Waals surface area contributed by atoms with E-state index in [2.05, 4.69) is 0 Å². The minimum absolute atomic E-state index is 0.344. The Bertz CT molecular complexity index is 224. The number of hydrogen-bond donors (Lipinski definition) is 0. The number of hydrogen-bond acceptors (Lipinski definition) is 1. The van der Waals surface area contributed by atoms with E-state index < -0.39 is 21.2 Å². The Kier molecular flexibility index (Phi) is 2.27. The largest absolute Gasteiger partial charge is 0.265 e. The zero-order valence-corrected chi connectivity index (χ0v) is 6.63. The molecule has 0 unspecified atom stereocenters. The van der Waals surface area contributed by atoms with Crippen LogP contribution in [-0.2, 0) is 3.07 Å². The highest BCUT2D eigenvalue weighted by Crippen LogP contribution is 2.12. The summed E-state index contributed by atoms with van der Waals surface area (Å²) >= 11 is -1.34. The Hall–Kier alpha value is -0.320. The minimum Gasteiger partial charge on any atom is -0.265 e. The molecule has 0 aromatic heterocycles. The summed E-state index contributed by atoms with van der Waals surface area (Å²) in [5, 5.41) is 0. The van der Waals surface area contributed by atoms with Gasteiger partial charge < -0.3 is 0 Å². The molecule has 0 heterocycles. The lowest BCUT2D eigenvalue weighted by Gasteiger charge is -1.87. The molecule has 0 saturated carbocycles. The molecular weight excluding hydrogens is 234 g/mol. The molecule has 1 aromatic carbocycles. The predicted molar refractivity (Wildman–Crippen MR) is 39.8 cm³/mol. The fourth-order valence-corrected chi connectivity index (χ4v) is 1.25. The molecule has 9 heavy (non-hydrogen) atoms. The molecule has 0 saturated heterocycles. The van der Waals surface area contributed by atoms with Crippen molar-refractivity contribution in [2.45, 2.75) is 0 Å². The first kappa shape index (κ1) is 6.80. The van der Waals surface area contributed by atoms with Crippen LogP contribution in [0.25, 0.3) is 0 Å². The Morgan fingerprint density at radius 1 is 1.33 bits per heavy atom. The van der Waals surface area contributed by atoms with Crippen molar-refractivity contribution < 1.29 is 7.46 Å². The molecule has 0 aliphatic heterocycles. The van der Waals surface area contributed by atoms with Gasteiger partial charge in [-0.05, 0) is 12.1 Å². The molecule has 0 bridgehead atoms. The van der Waals surface area contributed by atoms with Gasteiger partial charge in [0, 0.05) is 0 Å². The highest BCUT2D eigenvalue weighted by molar-refractivity contribution is 14.1. The van der Waals surface area contributed by atoms with Gasteiger partial charge in [-0.3, -0.25) is 3.07 Å². The SMILES string of the molecule is O=Ic1ccccc1F. The highest BCUT2D eigenvalue weighted by Gasteiger charge is 1.96. The second-order valence-corrected chi connectivity index (χ2v) is 3.09. The maximum absolute atomic E-state index is 12.4. The van der Waals surface area contributed by atoms with E-state index in [1.54, 1.807) is 12.1 Å². The minimum atomic E-state index is -1.34. The number of rotatable bonds is 1. The van der Waals surface area contributed by atoms with Crippen molar-refractivity contribution in [3.8, 4) is 0 Å². The predicted octanol–water partition coefficient (Wildman–Crippen LogP) is 2.31. The van der Waals surface area contributed by atoms with E-state index in [0.717, 1.165) is 0 Å². The van der Waals surface area contributed by atoms with E-state index in [4.69, 9.17) is 0 Å². The van der Waals surface area contributed by atoms with Crippen LogP contribution in [0.5, 0.6) is 0 Å². The second-order valence-electron chi connectivity index (χ2n) is 1.49. The molecule has 48 valence electrons. The fraction of sp³-hybridized carbons (Fsp3) is 0. The lowest BCUT2D eigenvalue weighted by atomic mass is 10.4. The Labute approximate surface area is 62.5 Å². The van der Waals surface area contributed by atoms with Gasteiger partial charge in [0.2, 0.25) is 0 Å². The average Bonchev–Trinajstić information content (AvgIpc) is 1.89. The summed E-state index contributed by atoms with van der Waals surface area (Å²) in [6, 6.07) is 6.11. The molecule has 1 nitrogen and oxygen atoms in total.